The summed E-state index contributed by atoms with van der Waals surface area (Å²) in [6.45, 7) is 4.54. The summed E-state index contributed by atoms with van der Waals surface area (Å²) in [5.41, 5.74) is 0.744. The van der Waals surface area contributed by atoms with E-state index in [2.05, 4.69) is 10.3 Å². The van der Waals surface area contributed by atoms with Crippen LogP contribution in [0.25, 0.3) is 10.6 Å². The SMILES string of the molecule is CC(C)NC(=O)CN(C)Cc1csc(-c2ccc(C(F)(F)F)cc2)n1. The zero-order chi connectivity index (χ0) is 18.6. The molecule has 25 heavy (non-hydrogen) atoms. The minimum atomic E-state index is -4.34. The van der Waals surface area contributed by atoms with Crippen molar-refractivity contribution in [2.24, 2.45) is 0 Å². The third kappa shape index (κ3) is 5.82. The third-order valence-electron chi connectivity index (χ3n) is 3.31. The average Bonchev–Trinajstić information content (AvgIpc) is 2.93. The number of alkyl halides is 3. The molecule has 0 atom stereocenters. The maximum atomic E-state index is 12.6. The van der Waals surface area contributed by atoms with Gasteiger partial charge in [0.15, 0.2) is 0 Å². The topological polar surface area (TPSA) is 45.2 Å². The van der Waals surface area contributed by atoms with Gasteiger partial charge in [-0.05, 0) is 33.0 Å². The number of rotatable bonds is 6. The van der Waals surface area contributed by atoms with E-state index in [9.17, 15) is 18.0 Å². The Morgan fingerprint density at radius 1 is 1.28 bits per heavy atom. The van der Waals surface area contributed by atoms with Gasteiger partial charge in [-0.25, -0.2) is 4.98 Å². The molecule has 136 valence electrons. The number of hydrogen-bond donors (Lipinski definition) is 1. The second-order valence-electron chi connectivity index (χ2n) is 6.11. The summed E-state index contributed by atoms with van der Waals surface area (Å²) < 4.78 is 37.8. The highest BCUT2D eigenvalue weighted by atomic mass is 32.1. The highest BCUT2D eigenvalue weighted by Gasteiger charge is 2.30. The van der Waals surface area contributed by atoms with E-state index in [0.29, 0.717) is 17.1 Å². The van der Waals surface area contributed by atoms with Crippen LogP contribution in [0, 0.1) is 0 Å². The molecule has 4 nitrogen and oxygen atoms in total. The van der Waals surface area contributed by atoms with Gasteiger partial charge >= 0.3 is 6.18 Å². The van der Waals surface area contributed by atoms with E-state index in [1.54, 1.807) is 0 Å². The monoisotopic (exact) mass is 371 g/mol. The van der Waals surface area contributed by atoms with Crippen molar-refractivity contribution >= 4 is 17.2 Å². The molecule has 0 aliphatic carbocycles. The van der Waals surface area contributed by atoms with Crippen LogP contribution in [0.1, 0.15) is 25.1 Å². The number of carbonyl (C=O) groups is 1. The van der Waals surface area contributed by atoms with E-state index in [1.165, 1.54) is 23.5 Å². The van der Waals surface area contributed by atoms with Gasteiger partial charge in [-0.15, -0.1) is 11.3 Å². The van der Waals surface area contributed by atoms with Crippen molar-refractivity contribution in [3.05, 3.63) is 40.9 Å². The lowest BCUT2D eigenvalue weighted by molar-refractivity contribution is -0.137. The van der Waals surface area contributed by atoms with Crippen molar-refractivity contribution in [1.82, 2.24) is 15.2 Å². The van der Waals surface area contributed by atoms with Crippen LogP contribution in [0.5, 0.6) is 0 Å². The molecule has 2 aromatic rings. The number of carbonyl (C=O) groups excluding carboxylic acids is 1. The fraction of sp³-hybridized carbons (Fsp3) is 0.412. The molecule has 1 N–H and O–H groups in total. The Labute approximate surface area is 148 Å². The van der Waals surface area contributed by atoms with E-state index >= 15 is 0 Å². The van der Waals surface area contributed by atoms with E-state index in [4.69, 9.17) is 0 Å². The normalized spacial score (nSPS) is 12.0. The summed E-state index contributed by atoms with van der Waals surface area (Å²) in [5, 5.41) is 5.32. The lowest BCUT2D eigenvalue weighted by Gasteiger charge is -2.16. The summed E-state index contributed by atoms with van der Waals surface area (Å²) in [7, 11) is 1.82. The highest BCUT2D eigenvalue weighted by Crippen LogP contribution is 2.31. The first kappa shape index (κ1) is 19.4. The first-order chi connectivity index (χ1) is 11.6. The predicted molar refractivity (Wildman–Crippen MR) is 92.2 cm³/mol. The molecule has 1 aromatic carbocycles. The van der Waals surface area contributed by atoms with Crippen LogP contribution in [0.2, 0.25) is 0 Å². The molecule has 0 spiro atoms. The number of likely N-dealkylation sites (N-methyl/N-ethyl adjacent to an activating group) is 1. The number of thiazole rings is 1. The van der Waals surface area contributed by atoms with Gasteiger partial charge in [-0.2, -0.15) is 13.2 Å². The largest absolute Gasteiger partial charge is 0.416 e. The van der Waals surface area contributed by atoms with E-state index < -0.39 is 11.7 Å². The second kappa shape index (κ2) is 7.97. The summed E-state index contributed by atoms with van der Waals surface area (Å²) in [6.07, 6.45) is -4.34. The van der Waals surface area contributed by atoms with Crippen molar-refractivity contribution in [2.75, 3.05) is 13.6 Å². The molecule has 0 saturated carbocycles. The maximum Gasteiger partial charge on any atom is 0.416 e. The zero-order valence-electron chi connectivity index (χ0n) is 14.2. The molecule has 8 heteroatoms. The molecule has 0 radical (unpaired) electrons. The molecule has 1 heterocycles. The number of amides is 1. The van der Waals surface area contributed by atoms with Crippen molar-refractivity contribution in [1.29, 1.82) is 0 Å². The Kier molecular flexibility index (Phi) is 6.18. The Morgan fingerprint density at radius 3 is 2.48 bits per heavy atom. The minimum Gasteiger partial charge on any atom is -0.353 e. The summed E-state index contributed by atoms with van der Waals surface area (Å²) in [5.74, 6) is -0.0595. The highest BCUT2D eigenvalue weighted by molar-refractivity contribution is 7.13. The van der Waals surface area contributed by atoms with Gasteiger partial charge in [0.05, 0.1) is 17.8 Å². The van der Waals surface area contributed by atoms with Gasteiger partial charge in [0.25, 0.3) is 0 Å². The third-order valence-corrected chi connectivity index (χ3v) is 4.25. The Balaban J connectivity index is 1.99. The van der Waals surface area contributed by atoms with Crippen LogP contribution in [0.4, 0.5) is 13.2 Å². The van der Waals surface area contributed by atoms with Crippen LogP contribution in [-0.2, 0) is 17.5 Å². The van der Waals surface area contributed by atoms with Crippen molar-refractivity contribution in [3.8, 4) is 10.6 Å². The lowest BCUT2D eigenvalue weighted by atomic mass is 10.1. The van der Waals surface area contributed by atoms with Crippen LogP contribution >= 0.6 is 11.3 Å². The Hall–Kier alpha value is -1.93. The smallest absolute Gasteiger partial charge is 0.353 e. The van der Waals surface area contributed by atoms with Gasteiger partial charge in [0.1, 0.15) is 5.01 Å². The fourth-order valence-electron chi connectivity index (χ4n) is 2.26. The van der Waals surface area contributed by atoms with Gasteiger partial charge in [0.2, 0.25) is 5.91 Å². The lowest BCUT2D eigenvalue weighted by Crippen LogP contribution is -2.38. The number of aromatic nitrogens is 1. The van der Waals surface area contributed by atoms with E-state index in [1.807, 2.05) is 31.2 Å². The van der Waals surface area contributed by atoms with Gasteiger partial charge in [-0.3, -0.25) is 9.69 Å². The first-order valence-electron chi connectivity index (χ1n) is 7.75. The summed E-state index contributed by atoms with van der Waals surface area (Å²) in [4.78, 5) is 18.0. The Morgan fingerprint density at radius 2 is 1.92 bits per heavy atom. The second-order valence-corrected chi connectivity index (χ2v) is 6.97. The maximum absolute atomic E-state index is 12.6. The van der Waals surface area contributed by atoms with Crippen LogP contribution in [0.15, 0.2) is 29.6 Å². The molecule has 0 fully saturated rings. The predicted octanol–water partition coefficient (Wildman–Crippen LogP) is 3.79. The molecule has 0 aliphatic rings. The van der Waals surface area contributed by atoms with Crippen LogP contribution in [-0.4, -0.2) is 35.4 Å². The number of benzene rings is 1. The standard InChI is InChI=1S/C17H20F3N3OS/c1-11(2)21-15(24)9-23(3)8-14-10-25-16(22-14)12-4-6-13(7-5-12)17(18,19)20/h4-7,10-11H,8-9H2,1-3H3,(H,21,24). The zero-order valence-corrected chi connectivity index (χ0v) is 15.0. The van der Waals surface area contributed by atoms with Gasteiger partial charge in [0, 0.05) is 23.5 Å². The molecule has 1 aromatic heterocycles. The molecule has 0 bridgehead atoms. The van der Waals surface area contributed by atoms with E-state index in [-0.39, 0.29) is 18.5 Å². The molecule has 1 amide bonds. The molecular weight excluding hydrogens is 351 g/mol. The van der Waals surface area contributed by atoms with Gasteiger partial charge < -0.3 is 5.32 Å². The fourth-order valence-corrected chi connectivity index (χ4v) is 3.08. The van der Waals surface area contributed by atoms with Crippen molar-refractivity contribution < 1.29 is 18.0 Å². The molecule has 0 unspecified atom stereocenters. The molecule has 0 saturated heterocycles. The molecule has 2 rings (SSSR count). The minimum absolute atomic E-state index is 0.0595. The van der Waals surface area contributed by atoms with E-state index in [0.717, 1.165) is 17.8 Å². The summed E-state index contributed by atoms with van der Waals surface area (Å²) in [6, 6.07) is 5.04. The molecule has 0 aliphatic heterocycles. The van der Waals surface area contributed by atoms with Gasteiger partial charge in [-0.1, -0.05) is 12.1 Å². The quantitative estimate of drug-likeness (QED) is 0.840. The Bertz CT molecular complexity index is 711. The van der Waals surface area contributed by atoms with Crippen LogP contribution < -0.4 is 5.32 Å². The molecular formula is C17H20F3N3OS. The number of nitrogens with zero attached hydrogens (tertiary/aromatic N) is 2. The first-order valence-corrected chi connectivity index (χ1v) is 8.63. The van der Waals surface area contributed by atoms with Crippen LogP contribution in [0.3, 0.4) is 0 Å². The number of hydrogen-bond acceptors (Lipinski definition) is 4. The van der Waals surface area contributed by atoms with Crippen molar-refractivity contribution in [2.45, 2.75) is 32.6 Å². The average molecular weight is 371 g/mol. The summed E-state index contributed by atoms with van der Waals surface area (Å²) >= 11 is 1.37. The van der Waals surface area contributed by atoms with Crippen molar-refractivity contribution in [3.63, 3.8) is 0 Å². The number of halogens is 3. The number of nitrogens with one attached hydrogen (secondary N) is 1.